The first-order chi connectivity index (χ1) is 9.81. The first-order valence-electron chi connectivity index (χ1n) is 6.82. The number of ether oxygens (including phenoxy) is 2. The van der Waals surface area contributed by atoms with Crippen molar-refractivity contribution < 1.29 is 9.47 Å². The van der Waals surface area contributed by atoms with E-state index < -0.39 is 0 Å². The molecule has 1 aliphatic carbocycles. The van der Waals surface area contributed by atoms with E-state index in [-0.39, 0.29) is 0 Å². The molecule has 0 aromatic heterocycles. The third-order valence-corrected chi connectivity index (χ3v) is 3.80. The van der Waals surface area contributed by atoms with E-state index in [2.05, 4.69) is 30.3 Å². The van der Waals surface area contributed by atoms with Crippen molar-refractivity contribution in [1.82, 2.24) is 0 Å². The Bertz CT molecular complexity index is 656. The monoisotopic (exact) mass is 266 g/mol. The average molecular weight is 266 g/mol. The number of para-hydroxylation sites is 1. The third kappa shape index (κ3) is 2.29. The van der Waals surface area contributed by atoms with Crippen molar-refractivity contribution in [2.45, 2.75) is 12.8 Å². The molecule has 2 aromatic carbocycles. The van der Waals surface area contributed by atoms with Gasteiger partial charge >= 0.3 is 0 Å². The summed E-state index contributed by atoms with van der Waals surface area (Å²) in [5.41, 5.74) is 5.15. The Hall–Kier alpha value is -2.22. The number of methoxy groups -OCH3 is 2. The zero-order valence-corrected chi connectivity index (χ0v) is 11.8. The van der Waals surface area contributed by atoms with Crippen LogP contribution in [-0.2, 0) is 6.42 Å². The predicted octanol–water partition coefficient (Wildman–Crippen LogP) is 4.19. The molecule has 0 saturated heterocycles. The van der Waals surface area contributed by atoms with E-state index in [1.165, 1.54) is 22.3 Å². The molecule has 0 aliphatic heterocycles. The van der Waals surface area contributed by atoms with Crippen molar-refractivity contribution >= 4 is 11.6 Å². The molecule has 0 bridgehead atoms. The number of fused-ring (bicyclic) bond motifs is 1. The van der Waals surface area contributed by atoms with E-state index in [0.29, 0.717) is 0 Å². The van der Waals surface area contributed by atoms with Crippen molar-refractivity contribution in [2.75, 3.05) is 14.2 Å². The van der Waals surface area contributed by atoms with Crippen LogP contribution in [0.1, 0.15) is 23.1 Å². The Kier molecular flexibility index (Phi) is 3.46. The van der Waals surface area contributed by atoms with E-state index in [4.69, 9.17) is 9.47 Å². The van der Waals surface area contributed by atoms with E-state index in [1.807, 2.05) is 18.2 Å². The van der Waals surface area contributed by atoms with Gasteiger partial charge in [0.25, 0.3) is 0 Å². The lowest BCUT2D eigenvalue weighted by molar-refractivity contribution is 0.413. The smallest absolute Gasteiger partial charge is 0.126 e. The maximum absolute atomic E-state index is 5.46. The maximum atomic E-state index is 5.46. The van der Waals surface area contributed by atoms with Crippen molar-refractivity contribution in [1.29, 1.82) is 0 Å². The summed E-state index contributed by atoms with van der Waals surface area (Å²) >= 11 is 0. The van der Waals surface area contributed by atoms with Crippen LogP contribution < -0.4 is 9.47 Å². The number of hydrogen-bond donors (Lipinski definition) is 0. The molecule has 3 rings (SSSR count). The molecule has 0 N–H and O–H groups in total. The second kappa shape index (κ2) is 5.41. The predicted molar refractivity (Wildman–Crippen MR) is 82.2 cm³/mol. The minimum atomic E-state index is 0.929. The fraction of sp³-hybridized carbons (Fsp3) is 0.222. The third-order valence-electron chi connectivity index (χ3n) is 3.80. The SMILES string of the molecule is COc1ccc2c(c1)CCC(c1ccccc1OC)=C2. The highest BCUT2D eigenvalue weighted by atomic mass is 16.5. The van der Waals surface area contributed by atoms with Gasteiger partial charge in [-0.15, -0.1) is 0 Å². The Balaban J connectivity index is 2.02. The molecule has 1 aliphatic rings. The second-order valence-electron chi connectivity index (χ2n) is 4.93. The van der Waals surface area contributed by atoms with Gasteiger partial charge < -0.3 is 9.47 Å². The number of benzene rings is 2. The summed E-state index contributed by atoms with van der Waals surface area (Å²) in [6, 6.07) is 14.5. The largest absolute Gasteiger partial charge is 0.497 e. The van der Waals surface area contributed by atoms with Crippen LogP contribution in [-0.4, -0.2) is 14.2 Å². The summed E-state index contributed by atoms with van der Waals surface area (Å²) in [6.07, 6.45) is 4.33. The van der Waals surface area contributed by atoms with Crippen LogP contribution in [0.2, 0.25) is 0 Å². The molecule has 0 atom stereocenters. The van der Waals surface area contributed by atoms with E-state index in [1.54, 1.807) is 14.2 Å². The van der Waals surface area contributed by atoms with Crippen LogP contribution in [0, 0.1) is 0 Å². The maximum Gasteiger partial charge on any atom is 0.126 e. The summed E-state index contributed by atoms with van der Waals surface area (Å²) in [4.78, 5) is 0. The van der Waals surface area contributed by atoms with Crippen molar-refractivity contribution in [2.24, 2.45) is 0 Å². The molecule has 102 valence electrons. The molecular weight excluding hydrogens is 248 g/mol. The molecule has 20 heavy (non-hydrogen) atoms. The summed E-state index contributed by atoms with van der Waals surface area (Å²) in [7, 11) is 3.43. The number of hydrogen-bond acceptors (Lipinski definition) is 2. The molecule has 2 heteroatoms. The molecular formula is C18H18O2. The first kappa shape index (κ1) is 12.8. The van der Waals surface area contributed by atoms with Gasteiger partial charge in [-0.25, -0.2) is 0 Å². The summed E-state index contributed by atoms with van der Waals surface area (Å²) in [6.45, 7) is 0. The van der Waals surface area contributed by atoms with E-state index in [9.17, 15) is 0 Å². The zero-order valence-electron chi connectivity index (χ0n) is 11.8. The quantitative estimate of drug-likeness (QED) is 0.829. The van der Waals surface area contributed by atoms with Gasteiger partial charge in [0.1, 0.15) is 11.5 Å². The first-order valence-corrected chi connectivity index (χ1v) is 6.82. The highest BCUT2D eigenvalue weighted by molar-refractivity contribution is 5.86. The Labute approximate surface area is 119 Å². The Morgan fingerprint density at radius 3 is 2.55 bits per heavy atom. The van der Waals surface area contributed by atoms with Gasteiger partial charge in [0, 0.05) is 5.56 Å². The molecule has 0 fully saturated rings. The second-order valence-corrected chi connectivity index (χ2v) is 4.93. The number of aryl methyl sites for hydroxylation is 1. The number of rotatable bonds is 3. The molecule has 0 spiro atoms. The van der Waals surface area contributed by atoms with Gasteiger partial charge in [-0.1, -0.05) is 30.3 Å². The highest BCUT2D eigenvalue weighted by Crippen LogP contribution is 2.35. The van der Waals surface area contributed by atoms with Crippen molar-refractivity contribution in [3.05, 3.63) is 59.2 Å². The lowest BCUT2D eigenvalue weighted by Gasteiger charge is -2.19. The lowest BCUT2D eigenvalue weighted by Crippen LogP contribution is -2.01. The standard InChI is InChI=1S/C18H18O2/c1-19-16-10-9-13-11-15(8-7-14(13)12-16)17-5-3-4-6-18(17)20-2/h3-6,9-12H,7-8H2,1-2H3. The molecule has 0 heterocycles. The molecule has 0 saturated carbocycles. The zero-order chi connectivity index (χ0) is 13.9. The average Bonchev–Trinajstić information content (AvgIpc) is 2.53. The Morgan fingerprint density at radius 1 is 0.900 bits per heavy atom. The van der Waals surface area contributed by atoms with Gasteiger partial charge in [-0.05, 0) is 47.7 Å². The Morgan fingerprint density at radius 2 is 1.75 bits per heavy atom. The van der Waals surface area contributed by atoms with Crippen molar-refractivity contribution in [3.8, 4) is 11.5 Å². The molecule has 2 nitrogen and oxygen atoms in total. The van der Waals surface area contributed by atoms with Gasteiger partial charge in [0.2, 0.25) is 0 Å². The van der Waals surface area contributed by atoms with Crippen LogP contribution in [0.3, 0.4) is 0 Å². The minimum Gasteiger partial charge on any atom is -0.497 e. The summed E-state index contributed by atoms with van der Waals surface area (Å²) in [5, 5.41) is 0. The van der Waals surface area contributed by atoms with Crippen molar-refractivity contribution in [3.63, 3.8) is 0 Å². The highest BCUT2D eigenvalue weighted by Gasteiger charge is 2.15. The molecule has 0 unspecified atom stereocenters. The van der Waals surface area contributed by atoms with Gasteiger partial charge in [-0.2, -0.15) is 0 Å². The van der Waals surface area contributed by atoms with Crippen LogP contribution in [0.25, 0.3) is 11.6 Å². The topological polar surface area (TPSA) is 18.5 Å². The fourth-order valence-electron chi connectivity index (χ4n) is 2.72. The molecule has 0 amide bonds. The molecule has 2 aromatic rings. The lowest BCUT2D eigenvalue weighted by atomic mass is 9.88. The molecule has 0 radical (unpaired) electrons. The number of allylic oxidation sites excluding steroid dienone is 1. The fourth-order valence-corrected chi connectivity index (χ4v) is 2.72. The normalized spacial score (nSPS) is 13.4. The van der Waals surface area contributed by atoms with Crippen LogP contribution in [0.5, 0.6) is 11.5 Å². The minimum absolute atomic E-state index is 0.929. The summed E-state index contributed by atoms with van der Waals surface area (Å²) in [5.74, 6) is 1.87. The van der Waals surface area contributed by atoms with Crippen LogP contribution >= 0.6 is 0 Å². The summed E-state index contributed by atoms with van der Waals surface area (Å²) < 4.78 is 10.7. The van der Waals surface area contributed by atoms with Crippen LogP contribution in [0.4, 0.5) is 0 Å². The van der Waals surface area contributed by atoms with Crippen LogP contribution in [0.15, 0.2) is 42.5 Å². The van der Waals surface area contributed by atoms with Gasteiger partial charge in [-0.3, -0.25) is 0 Å². The van der Waals surface area contributed by atoms with Gasteiger partial charge in [0.05, 0.1) is 14.2 Å². The van der Waals surface area contributed by atoms with E-state index >= 15 is 0 Å². The van der Waals surface area contributed by atoms with Gasteiger partial charge in [0.15, 0.2) is 0 Å². The van der Waals surface area contributed by atoms with E-state index in [0.717, 1.165) is 24.3 Å².